The summed E-state index contributed by atoms with van der Waals surface area (Å²) in [7, 11) is 0. The van der Waals surface area contributed by atoms with Crippen LogP contribution in [0.1, 0.15) is 25.7 Å². The minimum atomic E-state index is 0.242. The Hall–Kier alpha value is -0.130. The largest absolute Gasteiger partial charge is 0.365 e. The Morgan fingerprint density at radius 2 is 2.06 bits per heavy atom. The van der Waals surface area contributed by atoms with Crippen LogP contribution in [0.5, 0.6) is 0 Å². The van der Waals surface area contributed by atoms with Crippen molar-refractivity contribution in [1.82, 2.24) is 4.98 Å². The molecule has 2 rings (SSSR count). The molecule has 1 aliphatic rings. The summed E-state index contributed by atoms with van der Waals surface area (Å²) in [5, 5.41) is 3.42. The second-order valence-corrected chi connectivity index (χ2v) is 5.95. The van der Waals surface area contributed by atoms with Crippen LogP contribution < -0.4 is 11.1 Å². The molecule has 1 aliphatic carbocycles. The predicted octanol–water partition coefficient (Wildman–Crippen LogP) is 3.29. The number of nitrogens with one attached hydrogen (secondary N) is 1. The Kier molecular flexibility index (Phi) is 4.21. The number of aromatic nitrogens is 1. The van der Waals surface area contributed by atoms with Crippen molar-refractivity contribution < 1.29 is 0 Å². The topological polar surface area (TPSA) is 50.9 Å². The molecule has 1 heterocycles. The van der Waals surface area contributed by atoms with Crippen molar-refractivity contribution in [3.8, 4) is 0 Å². The molecule has 0 spiro atoms. The van der Waals surface area contributed by atoms with Gasteiger partial charge in [-0.25, -0.2) is 4.98 Å². The molecule has 1 fully saturated rings. The molecule has 5 heteroatoms. The summed E-state index contributed by atoms with van der Waals surface area (Å²) in [6, 6.07) is 2.58. The molecule has 0 amide bonds. The number of hydrogen-bond acceptors (Lipinski definition) is 3. The highest BCUT2D eigenvalue weighted by molar-refractivity contribution is 9.11. The normalized spacial score (nSPS) is 25.4. The monoisotopic (exact) mass is 347 g/mol. The third-order valence-corrected chi connectivity index (χ3v) is 3.99. The lowest BCUT2D eigenvalue weighted by molar-refractivity contribution is 0.403. The Morgan fingerprint density at radius 1 is 1.31 bits per heavy atom. The van der Waals surface area contributed by atoms with E-state index < -0.39 is 0 Å². The molecular formula is C11H15Br2N3. The summed E-state index contributed by atoms with van der Waals surface area (Å²) < 4.78 is 1.94. The zero-order chi connectivity index (χ0) is 11.5. The average molecular weight is 349 g/mol. The van der Waals surface area contributed by atoms with E-state index in [1.807, 2.05) is 6.07 Å². The van der Waals surface area contributed by atoms with Gasteiger partial charge in [0.05, 0.1) is 4.47 Å². The van der Waals surface area contributed by atoms with E-state index in [0.29, 0.717) is 6.04 Å². The molecule has 1 saturated carbocycles. The van der Waals surface area contributed by atoms with E-state index in [9.17, 15) is 0 Å². The van der Waals surface area contributed by atoms with Crippen molar-refractivity contribution in [3.63, 3.8) is 0 Å². The standard InChI is InChI=1S/C11H15Br2N3/c12-7-5-8(13)11(15-6-7)16-10-4-2-1-3-9(10)14/h5-6,9-10H,1-4,14H2,(H,15,16)/t9-,10-/m1/s1. The maximum Gasteiger partial charge on any atom is 0.140 e. The fraction of sp³-hybridized carbons (Fsp3) is 0.545. The van der Waals surface area contributed by atoms with Gasteiger partial charge in [0.15, 0.2) is 0 Å². The average Bonchev–Trinajstić information content (AvgIpc) is 2.25. The zero-order valence-electron chi connectivity index (χ0n) is 8.92. The first-order valence-corrected chi connectivity index (χ1v) is 7.08. The fourth-order valence-electron chi connectivity index (χ4n) is 2.04. The first kappa shape index (κ1) is 12.3. The summed E-state index contributed by atoms with van der Waals surface area (Å²) in [4.78, 5) is 4.35. The lowest BCUT2D eigenvalue weighted by atomic mass is 9.91. The molecule has 88 valence electrons. The number of halogens is 2. The van der Waals surface area contributed by atoms with Gasteiger partial charge in [0, 0.05) is 22.8 Å². The Morgan fingerprint density at radius 3 is 2.75 bits per heavy atom. The van der Waals surface area contributed by atoms with Crippen molar-refractivity contribution in [3.05, 3.63) is 21.2 Å². The summed E-state index contributed by atoms with van der Waals surface area (Å²) in [6.07, 6.45) is 6.52. The number of nitrogens with zero attached hydrogens (tertiary/aromatic N) is 1. The molecule has 3 nitrogen and oxygen atoms in total. The third-order valence-electron chi connectivity index (χ3n) is 2.95. The summed E-state index contributed by atoms with van der Waals surface area (Å²) in [5.41, 5.74) is 6.09. The molecule has 16 heavy (non-hydrogen) atoms. The van der Waals surface area contributed by atoms with Gasteiger partial charge < -0.3 is 11.1 Å². The number of hydrogen-bond donors (Lipinski definition) is 2. The van der Waals surface area contributed by atoms with E-state index in [2.05, 4.69) is 42.2 Å². The minimum Gasteiger partial charge on any atom is -0.365 e. The molecule has 0 aliphatic heterocycles. The highest BCUT2D eigenvalue weighted by Crippen LogP contribution is 2.26. The zero-order valence-corrected chi connectivity index (χ0v) is 12.1. The number of pyridine rings is 1. The van der Waals surface area contributed by atoms with Crippen LogP contribution in [-0.4, -0.2) is 17.1 Å². The third kappa shape index (κ3) is 2.96. The van der Waals surface area contributed by atoms with E-state index in [1.165, 1.54) is 12.8 Å². The van der Waals surface area contributed by atoms with Crippen molar-refractivity contribution in [2.24, 2.45) is 5.73 Å². The van der Waals surface area contributed by atoms with Gasteiger partial charge in [-0.1, -0.05) is 12.8 Å². The molecule has 0 bridgehead atoms. The fourth-order valence-corrected chi connectivity index (χ4v) is 3.14. The van der Waals surface area contributed by atoms with Gasteiger partial charge >= 0.3 is 0 Å². The van der Waals surface area contributed by atoms with Crippen LogP contribution in [0, 0.1) is 0 Å². The van der Waals surface area contributed by atoms with Gasteiger partial charge in [0.2, 0.25) is 0 Å². The van der Waals surface area contributed by atoms with Crippen LogP contribution in [-0.2, 0) is 0 Å². The number of anilines is 1. The molecule has 1 aromatic heterocycles. The maximum absolute atomic E-state index is 6.09. The molecule has 0 saturated heterocycles. The molecule has 1 aromatic rings. The molecule has 3 N–H and O–H groups in total. The van der Waals surface area contributed by atoms with Gasteiger partial charge in [-0.15, -0.1) is 0 Å². The molecular weight excluding hydrogens is 334 g/mol. The maximum atomic E-state index is 6.09. The van der Waals surface area contributed by atoms with Crippen LogP contribution in [0.15, 0.2) is 21.2 Å². The quantitative estimate of drug-likeness (QED) is 0.862. The van der Waals surface area contributed by atoms with Crippen LogP contribution in [0.3, 0.4) is 0 Å². The van der Waals surface area contributed by atoms with E-state index >= 15 is 0 Å². The highest BCUT2D eigenvalue weighted by Gasteiger charge is 2.22. The van der Waals surface area contributed by atoms with Crippen molar-refractivity contribution in [2.75, 3.05) is 5.32 Å². The Balaban J connectivity index is 2.07. The van der Waals surface area contributed by atoms with Gasteiger partial charge in [-0.05, 0) is 50.8 Å². The Labute approximate surface area is 112 Å². The van der Waals surface area contributed by atoms with E-state index in [0.717, 1.165) is 27.6 Å². The van der Waals surface area contributed by atoms with Crippen molar-refractivity contribution in [2.45, 2.75) is 37.8 Å². The summed E-state index contributed by atoms with van der Waals surface area (Å²) in [6.45, 7) is 0. The van der Waals surface area contributed by atoms with Gasteiger partial charge in [0.1, 0.15) is 5.82 Å². The molecule has 0 radical (unpaired) electrons. The second kappa shape index (κ2) is 5.47. The lowest BCUT2D eigenvalue weighted by Gasteiger charge is -2.30. The molecule has 0 unspecified atom stereocenters. The van der Waals surface area contributed by atoms with Crippen LogP contribution in [0.2, 0.25) is 0 Å². The predicted molar refractivity (Wildman–Crippen MR) is 73.5 cm³/mol. The van der Waals surface area contributed by atoms with Gasteiger partial charge in [-0.3, -0.25) is 0 Å². The van der Waals surface area contributed by atoms with E-state index in [-0.39, 0.29) is 6.04 Å². The van der Waals surface area contributed by atoms with E-state index in [1.54, 1.807) is 6.20 Å². The smallest absolute Gasteiger partial charge is 0.140 e. The number of nitrogens with two attached hydrogens (primary N) is 1. The lowest BCUT2D eigenvalue weighted by Crippen LogP contribution is -2.42. The summed E-state index contributed by atoms with van der Waals surface area (Å²) >= 11 is 6.89. The van der Waals surface area contributed by atoms with Crippen LogP contribution in [0.4, 0.5) is 5.82 Å². The summed E-state index contributed by atoms with van der Waals surface area (Å²) in [5.74, 6) is 0.880. The first-order valence-electron chi connectivity index (χ1n) is 5.50. The van der Waals surface area contributed by atoms with Crippen molar-refractivity contribution in [1.29, 1.82) is 0 Å². The first-order chi connectivity index (χ1) is 7.66. The minimum absolute atomic E-state index is 0.242. The SMILES string of the molecule is N[C@@H]1CCCC[C@H]1Nc1ncc(Br)cc1Br. The van der Waals surface area contributed by atoms with Crippen LogP contribution >= 0.6 is 31.9 Å². The number of rotatable bonds is 2. The van der Waals surface area contributed by atoms with Crippen molar-refractivity contribution >= 4 is 37.7 Å². The van der Waals surface area contributed by atoms with E-state index in [4.69, 9.17) is 5.73 Å². The van der Waals surface area contributed by atoms with Crippen LogP contribution in [0.25, 0.3) is 0 Å². The molecule has 0 aromatic carbocycles. The highest BCUT2D eigenvalue weighted by atomic mass is 79.9. The molecule has 2 atom stereocenters. The van der Waals surface area contributed by atoms with Gasteiger partial charge in [-0.2, -0.15) is 0 Å². The Bertz CT molecular complexity index is 370. The second-order valence-electron chi connectivity index (χ2n) is 4.18. The van der Waals surface area contributed by atoms with Gasteiger partial charge in [0.25, 0.3) is 0 Å².